The minimum absolute atomic E-state index is 0.0390. The first-order chi connectivity index (χ1) is 16.2. The third-order valence-corrected chi connectivity index (χ3v) is 10.1. The monoisotopic (exact) mass is 451 g/mol. The van der Waals surface area contributed by atoms with E-state index in [0.29, 0.717) is 23.5 Å². The van der Waals surface area contributed by atoms with Gasteiger partial charge < -0.3 is 9.47 Å². The van der Waals surface area contributed by atoms with Crippen molar-refractivity contribution < 1.29 is 4.79 Å². The number of hydrogen-bond acceptors (Lipinski definition) is 2. The molecule has 2 aromatic carbocycles. The van der Waals surface area contributed by atoms with Crippen molar-refractivity contribution in [3.05, 3.63) is 58.9 Å². The molecule has 7 rings (SSSR count). The van der Waals surface area contributed by atoms with E-state index in [1.54, 1.807) is 0 Å². The van der Waals surface area contributed by atoms with Crippen LogP contribution in [0.1, 0.15) is 92.3 Å². The number of aromatic nitrogens is 2. The van der Waals surface area contributed by atoms with E-state index in [0.717, 1.165) is 23.3 Å². The van der Waals surface area contributed by atoms with Gasteiger partial charge in [-0.05, 0) is 58.9 Å². The summed E-state index contributed by atoms with van der Waals surface area (Å²) >= 11 is 0. The van der Waals surface area contributed by atoms with Crippen LogP contribution < -0.4 is 5.46 Å². The second-order valence-electron chi connectivity index (χ2n) is 12.7. The zero-order chi connectivity index (χ0) is 23.6. The second kappa shape index (κ2) is 6.56. The lowest BCUT2D eigenvalue weighted by molar-refractivity contribution is 0.0734. The first kappa shape index (κ1) is 20.8. The van der Waals surface area contributed by atoms with Gasteiger partial charge in [0.1, 0.15) is 5.82 Å². The summed E-state index contributed by atoms with van der Waals surface area (Å²) in [6.07, 6.45) is 5.87. The van der Waals surface area contributed by atoms with Crippen molar-refractivity contribution in [2.75, 3.05) is 7.05 Å². The highest BCUT2D eigenvalue weighted by Gasteiger charge is 2.49. The van der Waals surface area contributed by atoms with E-state index in [4.69, 9.17) is 4.98 Å². The summed E-state index contributed by atoms with van der Waals surface area (Å²) in [4.78, 5) is 20.6. The molecule has 1 amide bonds. The highest BCUT2D eigenvalue weighted by Crippen LogP contribution is 2.54. The number of imidazole rings is 1. The van der Waals surface area contributed by atoms with Gasteiger partial charge in [0.05, 0.1) is 23.1 Å². The molecule has 2 fully saturated rings. The second-order valence-corrected chi connectivity index (χ2v) is 12.7. The maximum absolute atomic E-state index is 13.5. The zero-order valence-electron chi connectivity index (χ0n) is 21.1. The van der Waals surface area contributed by atoms with Gasteiger partial charge in [-0.3, -0.25) is 4.79 Å². The molecule has 3 aromatic rings. The molecular weight excluding hydrogens is 417 g/mol. The highest BCUT2D eigenvalue weighted by atomic mass is 16.2. The van der Waals surface area contributed by atoms with E-state index in [2.05, 4.69) is 62.6 Å². The van der Waals surface area contributed by atoms with Crippen LogP contribution in [-0.2, 0) is 0 Å². The van der Waals surface area contributed by atoms with Crippen LogP contribution in [-0.4, -0.2) is 34.1 Å². The molecule has 34 heavy (non-hydrogen) atoms. The third-order valence-electron chi connectivity index (χ3n) is 10.1. The Labute approximate surface area is 202 Å². The van der Waals surface area contributed by atoms with Crippen molar-refractivity contribution in [1.29, 1.82) is 0 Å². The van der Waals surface area contributed by atoms with Crippen LogP contribution in [0, 0.1) is 10.8 Å². The maximum atomic E-state index is 13.5. The first-order valence-electron chi connectivity index (χ1n) is 13.1. The summed E-state index contributed by atoms with van der Waals surface area (Å²) in [6, 6.07) is 13.6. The zero-order valence-corrected chi connectivity index (χ0v) is 21.1. The minimum Gasteiger partial charge on any atom is -0.331 e. The molecule has 0 N–H and O–H groups in total. The SMILES string of the molecule is CN1C(=O)c2cccc(C3CC3)c2[C@H]2C[C@H]1c1nc3ccc(B4CC(C)(C)C(C)(C)C4)cc3n12. The van der Waals surface area contributed by atoms with Crippen LogP contribution in [0.3, 0.4) is 0 Å². The summed E-state index contributed by atoms with van der Waals surface area (Å²) < 4.78 is 2.50. The van der Waals surface area contributed by atoms with Crippen molar-refractivity contribution in [2.24, 2.45) is 10.8 Å². The lowest BCUT2D eigenvalue weighted by Crippen LogP contribution is -2.30. The summed E-state index contributed by atoms with van der Waals surface area (Å²) in [5.74, 6) is 1.83. The van der Waals surface area contributed by atoms with Crippen LogP contribution in [0.5, 0.6) is 0 Å². The van der Waals surface area contributed by atoms with E-state index >= 15 is 0 Å². The topological polar surface area (TPSA) is 38.1 Å². The van der Waals surface area contributed by atoms with E-state index in [-0.39, 0.29) is 18.0 Å². The van der Waals surface area contributed by atoms with Gasteiger partial charge in [-0.2, -0.15) is 0 Å². The normalized spacial score (nSPS) is 26.7. The average molecular weight is 451 g/mol. The molecule has 0 radical (unpaired) electrons. The molecule has 4 heterocycles. The molecular formula is C29H34BN3O. The highest BCUT2D eigenvalue weighted by molar-refractivity contribution is 6.74. The predicted molar refractivity (Wildman–Crippen MR) is 138 cm³/mol. The molecule has 1 saturated heterocycles. The summed E-state index contributed by atoms with van der Waals surface area (Å²) in [6.45, 7) is 10.3. The number of fused-ring (bicyclic) bond motifs is 9. The van der Waals surface area contributed by atoms with Gasteiger partial charge in [0.15, 0.2) is 6.71 Å². The van der Waals surface area contributed by atoms with Crippen molar-refractivity contribution in [3.63, 3.8) is 0 Å². The Hall–Kier alpha value is -2.56. The fraction of sp³-hybridized carbons (Fsp3) is 0.517. The van der Waals surface area contributed by atoms with Crippen molar-refractivity contribution in [1.82, 2.24) is 14.5 Å². The van der Waals surface area contributed by atoms with Crippen LogP contribution in [0.4, 0.5) is 0 Å². The van der Waals surface area contributed by atoms with Gasteiger partial charge >= 0.3 is 0 Å². The van der Waals surface area contributed by atoms with E-state index < -0.39 is 0 Å². The number of carbonyl (C=O) groups excluding carboxylic acids is 1. The van der Waals surface area contributed by atoms with Gasteiger partial charge in [0.2, 0.25) is 0 Å². The number of rotatable bonds is 2. The Morgan fingerprint density at radius 2 is 1.74 bits per heavy atom. The lowest BCUT2D eigenvalue weighted by Gasteiger charge is -2.35. The molecule has 2 bridgehead atoms. The summed E-state index contributed by atoms with van der Waals surface area (Å²) in [5, 5.41) is 0. The van der Waals surface area contributed by atoms with Gasteiger partial charge in [0, 0.05) is 19.0 Å². The van der Waals surface area contributed by atoms with Gasteiger partial charge in [0.25, 0.3) is 5.91 Å². The van der Waals surface area contributed by atoms with E-state index in [9.17, 15) is 4.79 Å². The Morgan fingerprint density at radius 3 is 2.44 bits per heavy atom. The fourth-order valence-electron chi connectivity index (χ4n) is 7.26. The van der Waals surface area contributed by atoms with E-state index in [1.807, 2.05) is 18.0 Å². The molecule has 0 unspecified atom stereocenters. The molecule has 2 atom stereocenters. The fourth-order valence-corrected chi connectivity index (χ4v) is 7.26. The maximum Gasteiger partial charge on any atom is 0.254 e. The van der Waals surface area contributed by atoms with Crippen molar-refractivity contribution in [2.45, 2.75) is 77.6 Å². The molecule has 5 heteroatoms. The summed E-state index contributed by atoms with van der Waals surface area (Å²) in [5.41, 5.74) is 8.02. The lowest BCUT2D eigenvalue weighted by atomic mass is 9.42. The average Bonchev–Trinajstić information content (AvgIpc) is 3.44. The Morgan fingerprint density at radius 1 is 1.00 bits per heavy atom. The van der Waals surface area contributed by atoms with Crippen LogP contribution in [0.15, 0.2) is 36.4 Å². The number of nitrogens with zero attached hydrogens (tertiary/aromatic N) is 3. The van der Waals surface area contributed by atoms with Crippen molar-refractivity contribution >= 4 is 29.1 Å². The number of carbonyl (C=O) groups is 1. The first-order valence-corrected chi connectivity index (χ1v) is 13.1. The van der Waals surface area contributed by atoms with Crippen LogP contribution in [0.2, 0.25) is 12.6 Å². The van der Waals surface area contributed by atoms with Crippen LogP contribution in [0.25, 0.3) is 11.0 Å². The molecule has 1 aromatic heterocycles. The molecule has 3 aliphatic heterocycles. The smallest absolute Gasteiger partial charge is 0.254 e. The summed E-state index contributed by atoms with van der Waals surface area (Å²) in [7, 11) is 1.96. The van der Waals surface area contributed by atoms with Gasteiger partial charge in [-0.1, -0.05) is 64.0 Å². The molecule has 4 nitrogen and oxygen atoms in total. The molecule has 1 saturated carbocycles. The van der Waals surface area contributed by atoms with Crippen molar-refractivity contribution in [3.8, 4) is 0 Å². The third kappa shape index (κ3) is 2.67. The minimum atomic E-state index is 0.0390. The standard InChI is InChI=1S/C29H34BN3O/c1-28(2)15-30(16-29(28,3)4)18-11-12-21-22(13-18)33-23-14-24(26(33)31-21)32(5)27(34)20-8-6-7-19(25(20)23)17-9-10-17/h6-8,11-13,17,23-24H,9-10,14-16H2,1-5H3/t23-,24+/m1/s1. The molecule has 174 valence electrons. The quantitative estimate of drug-likeness (QED) is 0.462. The number of amides is 1. The Balaban J connectivity index is 1.41. The number of hydrogen-bond donors (Lipinski definition) is 0. The van der Waals surface area contributed by atoms with Crippen LogP contribution >= 0.6 is 0 Å². The molecule has 0 spiro atoms. The largest absolute Gasteiger partial charge is 0.331 e. The van der Waals surface area contributed by atoms with Gasteiger partial charge in [-0.25, -0.2) is 4.98 Å². The molecule has 4 aliphatic rings. The molecule has 1 aliphatic carbocycles. The predicted octanol–water partition coefficient (Wildman–Crippen LogP) is 5.80. The van der Waals surface area contributed by atoms with Gasteiger partial charge in [-0.15, -0.1) is 0 Å². The Kier molecular flexibility index (Phi) is 4.01. The Bertz CT molecular complexity index is 1350. The number of benzene rings is 2. The van der Waals surface area contributed by atoms with E-state index in [1.165, 1.54) is 47.6 Å².